The second kappa shape index (κ2) is 5.55. The molecule has 0 saturated heterocycles. The molecule has 2 rings (SSSR count). The van der Waals surface area contributed by atoms with Gasteiger partial charge in [0, 0.05) is 18.4 Å². The van der Waals surface area contributed by atoms with Gasteiger partial charge in [-0.25, -0.2) is 0 Å². The molecule has 1 aromatic carbocycles. The van der Waals surface area contributed by atoms with Gasteiger partial charge in [0.1, 0.15) is 0 Å². The first-order chi connectivity index (χ1) is 8.35. The Morgan fingerprint density at radius 3 is 2.76 bits per heavy atom. The molecule has 1 heterocycles. The molecule has 1 atom stereocenters. The summed E-state index contributed by atoms with van der Waals surface area (Å²) in [4.78, 5) is 8.60. The quantitative estimate of drug-likeness (QED) is 0.798. The van der Waals surface area contributed by atoms with Crippen LogP contribution in [0.4, 0.5) is 0 Å². The first-order valence-electron chi connectivity index (χ1n) is 5.90. The molecule has 1 N–H and O–H groups in total. The Morgan fingerprint density at radius 2 is 2.06 bits per heavy atom. The molecular weight excluding hydrogens is 210 g/mol. The van der Waals surface area contributed by atoms with Gasteiger partial charge in [0.25, 0.3) is 0 Å². The van der Waals surface area contributed by atoms with Crippen molar-refractivity contribution in [2.75, 3.05) is 6.54 Å². The molecule has 0 spiro atoms. The largest absolute Gasteiger partial charge is 0.310 e. The minimum absolute atomic E-state index is 0.309. The summed E-state index contributed by atoms with van der Waals surface area (Å²) < 4.78 is 0. The lowest BCUT2D eigenvalue weighted by molar-refractivity contribution is 0.559. The average molecular weight is 227 g/mol. The topological polar surface area (TPSA) is 37.8 Å². The summed E-state index contributed by atoms with van der Waals surface area (Å²) in [6.07, 6.45) is 6.29. The SMILES string of the molecule is C=CCC(NCC)c1ccc2nccnc2c1. The van der Waals surface area contributed by atoms with E-state index in [9.17, 15) is 0 Å². The maximum Gasteiger partial charge on any atom is 0.0890 e. The van der Waals surface area contributed by atoms with E-state index in [0.717, 1.165) is 24.0 Å². The smallest absolute Gasteiger partial charge is 0.0890 e. The highest BCUT2D eigenvalue weighted by Crippen LogP contribution is 2.20. The van der Waals surface area contributed by atoms with Gasteiger partial charge in [-0.15, -0.1) is 6.58 Å². The highest BCUT2D eigenvalue weighted by Gasteiger charge is 2.09. The van der Waals surface area contributed by atoms with Crippen molar-refractivity contribution in [1.29, 1.82) is 0 Å². The van der Waals surface area contributed by atoms with Crippen LogP contribution in [0.15, 0.2) is 43.2 Å². The van der Waals surface area contributed by atoms with Crippen LogP contribution in [0.25, 0.3) is 11.0 Å². The number of fused-ring (bicyclic) bond motifs is 1. The minimum Gasteiger partial charge on any atom is -0.310 e. The van der Waals surface area contributed by atoms with Gasteiger partial charge < -0.3 is 5.32 Å². The van der Waals surface area contributed by atoms with Gasteiger partial charge in [-0.1, -0.05) is 19.1 Å². The van der Waals surface area contributed by atoms with E-state index in [4.69, 9.17) is 0 Å². The summed E-state index contributed by atoms with van der Waals surface area (Å²) in [6.45, 7) is 6.85. The zero-order valence-electron chi connectivity index (χ0n) is 10.1. The lowest BCUT2D eigenvalue weighted by Crippen LogP contribution is -2.20. The van der Waals surface area contributed by atoms with Crippen LogP contribution in [-0.2, 0) is 0 Å². The number of hydrogen-bond acceptors (Lipinski definition) is 3. The third kappa shape index (κ3) is 2.68. The second-order valence-electron chi connectivity index (χ2n) is 3.94. The van der Waals surface area contributed by atoms with Crippen molar-refractivity contribution in [1.82, 2.24) is 15.3 Å². The highest BCUT2D eigenvalue weighted by atomic mass is 14.9. The normalized spacial score (nSPS) is 12.5. The highest BCUT2D eigenvalue weighted by molar-refractivity contribution is 5.74. The Balaban J connectivity index is 2.35. The lowest BCUT2D eigenvalue weighted by Gasteiger charge is -2.16. The van der Waals surface area contributed by atoms with Gasteiger partial charge >= 0.3 is 0 Å². The van der Waals surface area contributed by atoms with E-state index >= 15 is 0 Å². The van der Waals surface area contributed by atoms with Crippen molar-refractivity contribution in [3.8, 4) is 0 Å². The predicted molar refractivity (Wildman–Crippen MR) is 70.8 cm³/mol. The Bertz CT molecular complexity index is 508. The number of aromatic nitrogens is 2. The summed E-state index contributed by atoms with van der Waals surface area (Å²) in [5.74, 6) is 0. The van der Waals surface area contributed by atoms with Gasteiger partial charge in [0.05, 0.1) is 11.0 Å². The van der Waals surface area contributed by atoms with Crippen molar-refractivity contribution in [3.05, 3.63) is 48.8 Å². The molecule has 17 heavy (non-hydrogen) atoms. The summed E-state index contributed by atoms with van der Waals surface area (Å²) in [5.41, 5.74) is 3.11. The van der Waals surface area contributed by atoms with E-state index < -0.39 is 0 Å². The van der Waals surface area contributed by atoms with Crippen molar-refractivity contribution in [2.45, 2.75) is 19.4 Å². The molecule has 0 aliphatic heterocycles. The van der Waals surface area contributed by atoms with Crippen LogP contribution >= 0.6 is 0 Å². The van der Waals surface area contributed by atoms with E-state index in [1.165, 1.54) is 5.56 Å². The Kier molecular flexibility index (Phi) is 3.83. The van der Waals surface area contributed by atoms with Crippen LogP contribution in [0, 0.1) is 0 Å². The van der Waals surface area contributed by atoms with Crippen LogP contribution in [0.5, 0.6) is 0 Å². The monoisotopic (exact) mass is 227 g/mol. The standard InChI is InChI=1S/C14H17N3/c1-3-5-12(15-4-2)11-6-7-13-14(10-11)17-9-8-16-13/h3,6-10,12,15H,1,4-5H2,2H3. The van der Waals surface area contributed by atoms with E-state index in [1.807, 2.05) is 12.1 Å². The fourth-order valence-corrected chi connectivity index (χ4v) is 1.95. The van der Waals surface area contributed by atoms with Gasteiger partial charge in [-0.3, -0.25) is 9.97 Å². The minimum atomic E-state index is 0.309. The maximum atomic E-state index is 4.33. The fourth-order valence-electron chi connectivity index (χ4n) is 1.95. The summed E-state index contributed by atoms with van der Waals surface area (Å²) in [7, 11) is 0. The van der Waals surface area contributed by atoms with Gasteiger partial charge in [-0.2, -0.15) is 0 Å². The lowest BCUT2D eigenvalue weighted by atomic mass is 10.0. The van der Waals surface area contributed by atoms with Crippen LogP contribution in [-0.4, -0.2) is 16.5 Å². The second-order valence-corrected chi connectivity index (χ2v) is 3.94. The maximum absolute atomic E-state index is 4.33. The number of nitrogens with zero attached hydrogens (tertiary/aromatic N) is 2. The summed E-state index contributed by atoms with van der Waals surface area (Å²) >= 11 is 0. The van der Waals surface area contributed by atoms with Gasteiger partial charge in [-0.05, 0) is 30.7 Å². The third-order valence-corrected chi connectivity index (χ3v) is 2.75. The van der Waals surface area contributed by atoms with Crippen molar-refractivity contribution in [2.24, 2.45) is 0 Å². The number of rotatable bonds is 5. The van der Waals surface area contributed by atoms with E-state index in [2.05, 4.69) is 40.9 Å². The summed E-state index contributed by atoms with van der Waals surface area (Å²) in [5, 5.41) is 3.45. The predicted octanol–water partition coefficient (Wildman–Crippen LogP) is 2.86. The average Bonchev–Trinajstić information content (AvgIpc) is 2.38. The van der Waals surface area contributed by atoms with E-state index in [1.54, 1.807) is 12.4 Å². The molecule has 88 valence electrons. The molecule has 0 fully saturated rings. The molecule has 0 aliphatic rings. The van der Waals surface area contributed by atoms with E-state index in [-0.39, 0.29) is 0 Å². The number of nitrogens with one attached hydrogen (secondary N) is 1. The van der Waals surface area contributed by atoms with Crippen molar-refractivity contribution < 1.29 is 0 Å². The zero-order chi connectivity index (χ0) is 12.1. The number of hydrogen-bond donors (Lipinski definition) is 1. The molecular formula is C14H17N3. The van der Waals surface area contributed by atoms with E-state index in [0.29, 0.717) is 6.04 Å². The van der Waals surface area contributed by atoms with Gasteiger partial charge in [0.2, 0.25) is 0 Å². The fraction of sp³-hybridized carbons (Fsp3) is 0.286. The zero-order valence-corrected chi connectivity index (χ0v) is 10.1. The molecule has 0 bridgehead atoms. The molecule has 0 radical (unpaired) electrons. The van der Waals surface area contributed by atoms with Crippen molar-refractivity contribution in [3.63, 3.8) is 0 Å². The molecule has 1 unspecified atom stereocenters. The molecule has 3 heteroatoms. The first kappa shape index (κ1) is 11.7. The molecule has 0 aliphatic carbocycles. The van der Waals surface area contributed by atoms with Crippen LogP contribution in [0.1, 0.15) is 24.9 Å². The molecule has 0 amide bonds. The number of benzene rings is 1. The van der Waals surface area contributed by atoms with Gasteiger partial charge in [0.15, 0.2) is 0 Å². The van der Waals surface area contributed by atoms with Crippen LogP contribution in [0.3, 0.4) is 0 Å². The molecule has 1 aromatic heterocycles. The summed E-state index contributed by atoms with van der Waals surface area (Å²) in [6, 6.07) is 6.53. The van der Waals surface area contributed by atoms with Crippen LogP contribution in [0.2, 0.25) is 0 Å². The van der Waals surface area contributed by atoms with Crippen LogP contribution < -0.4 is 5.32 Å². The Labute approximate surface area is 102 Å². The Hall–Kier alpha value is -1.74. The molecule has 2 aromatic rings. The molecule has 0 saturated carbocycles. The third-order valence-electron chi connectivity index (χ3n) is 2.75. The first-order valence-corrected chi connectivity index (χ1v) is 5.90. The molecule has 3 nitrogen and oxygen atoms in total. The van der Waals surface area contributed by atoms with Crippen molar-refractivity contribution >= 4 is 11.0 Å². The Morgan fingerprint density at radius 1 is 1.29 bits per heavy atom.